The minimum atomic E-state index is -0.221. The van der Waals surface area contributed by atoms with Crippen LogP contribution in [0, 0.1) is 22.7 Å². The van der Waals surface area contributed by atoms with E-state index in [9.17, 15) is 9.90 Å². The Hall–Kier alpha value is -1.16. The van der Waals surface area contributed by atoms with Gasteiger partial charge in [-0.3, -0.25) is 4.79 Å². The van der Waals surface area contributed by atoms with Gasteiger partial charge in [0.05, 0.1) is 0 Å². The van der Waals surface area contributed by atoms with Crippen LogP contribution >= 0.6 is 11.8 Å². The first-order chi connectivity index (χ1) is 13.3. The summed E-state index contributed by atoms with van der Waals surface area (Å²) in [5.41, 5.74) is 1.38. The van der Waals surface area contributed by atoms with E-state index >= 15 is 0 Å². The summed E-state index contributed by atoms with van der Waals surface area (Å²) in [7, 11) is 0. The average molecular weight is 423 g/mol. The summed E-state index contributed by atoms with van der Waals surface area (Å²) in [4.78, 5) is 11.8. The lowest BCUT2D eigenvalue weighted by molar-refractivity contribution is -0.143. The van der Waals surface area contributed by atoms with E-state index in [0.717, 1.165) is 24.2 Å². The second-order valence-corrected chi connectivity index (χ2v) is 11.6. The van der Waals surface area contributed by atoms with E-state index in [1.54, 1.807) is 23.9 Å². The molecule has 3 atom stereocenters. The van der Waals surface area contributed by atoms with Crippen molar-refractivity contribution in [3.05, 3.63) is 29.8 Å². The van der Waals surface area contributed by atoms with Gasteiger partial charge in [-0.1, -0.05) is 73.4 Å². The van der Waals surface area contributed by atoms with E-state index < -0.39 is 0 Å². The molecule has 0 aliphatic rings. The Kier molecular flexibility index (Phi) is 10.1. The predicted octanol–water partition coefficient (Wildman–Crippen LogP) is 7.42. The molecule has 0 spiro atoms. The van der Waals surface area contributed by atoms with E-state index in [4.69, 9.17) is 4.74 Å². The maximum absolute atomic E-state index is 11.8. The number of phenols is 1. The van der Waals surface area contributed by atoms with Crippen molar-refractivity contribution in [1.29, 1.82) is 0 Å². The highest BCUT2D eigenvalue weighted by Crippen LogP contribution is 2.43. The van der Waals surface area contributed by atoms with Crippen molar-refractivity contribution in [2.75, 3.05) is 0 Å². The molecule has 0 radical (unpaired) electrons. The molecule has 1 aromatic carbocycles. The number of rotatable bonds is 10. The zero-order valence-electron chi connectivity index (χ0n) is 19.7. The van der Waals surface area contributed by atoms with Gasteiger partial charge < -0.3 is 9.84 Å². The molecule has 1 rings (SSSR count). The number of thioether (sulfide) groups is 1. The van der Waals surface area contributed by atoms with Gasteiger partial charge in [-0.2, -0.15) is 0 Å². The van der Waals surface area contributed by atoms with Crippen LogP contribution in [0.4, 0.5) is 0 Å². The second kappa shape index (κ2) is 11.3. The topological polar surface area (TPSA) is 46.5 Å². The summed E-state index contributed by atoms with van der Waals surface area (Å²) in [5.74, 6) is 1.92. The third-order valence-corrected chi connectivity index (χ3v) is 6.96. The van der Waals surface area contributed by atoms with Crippen LogP contribution in [0.5, 0.6) is 5.75 Å². The number of ether oxygens (including phenoxy) is 1. The Morgan fingerprint density at radius 2 is 1.55 bits per heavy atom. The first-order valence-corrected chi connectivity index (χ1v) is 11.9. The SMILES string of the molecule is CCCC(CC(CC(OC(C)=O)SCc1ccc(O)cc1)C(C)(C)C)C(C)(C)C. The number of carbonyl (C=O) groups is 1. The van der Waals surface area contributed by atoms with Crippen LogP contribution in [0.25, 0.3) is 0 Å². The summed E-state index contributed by atoms with van der Waals surface area (Å²) >= 11 is 1.68. The molecule has 0 saturated heterocycles. The molecule has 0 amide bonds. The maximum Gasteiger partial charge on any atom is 0.303 e. The summed E-state index contributed by atoms with van der Waals surface area (Å²) in [6.45, 7) is 17.7. The van der Waals surface area contributed by atoms with Crippen LogP contribution in [-0.4, -0.2) is 16.5 Å². The molecule has 0 fully saturated rings. The van der Waals surface area contributed by atoms with Crippen LogP contribution < -0.4 is 0 Å². The molecule has 0 aromatic heterocycles. The number of phenolic OH excluding ortho intramolecular Hbond substituents is 1. The molecule has 3 unspecified atom stereocenters. The number of hydrogen-bond donors (Lipinski definition) is 1. The predicted molar refractivity (Wildman–Crippen MR) is 125 cm³/mol. The molecule has 1 aromatic rings. The quantitative estimate of drug-likeness (QED) is 0.315. The molecule has 29 heavy (non-hydrogen) atoms. The average Bonchev–Trinajstić information content (AvgIpc) is 2.57. The number of benzene rings is 1. The monoisotopic (exact) mass is 422 g/mol. The van der Waals surface area contributed by atoms with Crippen molar-refractivity contribution in [3.63, 3.8) is 0 Å². The fourth-order valence-electron chi connectivity index (χ4n) is 3.75. The first-order valence-electron chi connectivity index (χ1n) is 10.9. The molecular weight excluding hydrogens is 380 g/mol. The van der Waals surface area contributed by atoms with Gasteiger partial charge in [-0.15, -0.1) is 11.8 Å². The Bertz CT molecular complexity index is 610. The minimum absolute atomic E-state index is 0.148. The third kappa shape index (κ3) is 9.93. The molecule has 0 heterocycles. The minimum Gasteiger partial charge on any atom is -0.508 e. The fourth-order valence-corrected chi connectivity index (χ4v) is 4.89. The highest BCUT2D eigenvalue weighted by molar-refractivity contribution is 7.99. The zero-order valence-corrected chi connectivity index (χ0v) is 20.6. The molecule has 4 heteroatoms. The highest BCUT2D eigenvalue weighted by atomic mass is 32.2. The molecule has 1 N–H and O–H groups in total. The van der Waals surface area contributed by atoms with Gasteiger partial charge in [0, 0.05) is 12.7 Å². The van der Waals surface area contributed by atoms with Crippen molar-refractivity contribution in [2.45, 2.75) is 92.3 Å². The van der Waals surface area contributed by atoms with Gasteiger partial charge >= 0.3 is 5.97 Å². The molecule has 3 nitrogen and oxygen atoms in total. The van der Waals surface area contributed by atoms with E-state index in [2.05, 4.69) is 48.5 Å². The molecule has 0 bridgehead atoms. The fraction of sp³-hybridized carbons (Fsp3) is 0.720. The van der Waals surface area contributed by atoms with E-state index in [0.29, 0.717) is 11.8 Å². The lowest BCUT2D eigenvalue weighted by Crippen LogP contribution is -2.32. The van der Waals surface area contributed by atoms with Crippen LogP contribution in [-0.2, 0) is 15.3 Å². The number of esters is 1. The van der Waals surface area contributed by atoms with Crippen LogP contribution in [0.3, 0.4) is 0 Å². The van der Waals surface area contributed by atoms with Crippen molar-refractivity contribution < 1.29 is 14.6 Å². The van der Waals surface area contributed by atoms with E-state index in [1.165, 1.54) is 19.8 Å². The van der Waals surface area contributed by atoms with E-state index in [1.807, 2.05) is 12.1 Å². The molecule has 166 valence electrons. The van der Waals surface area contributed by atoms with Gasteiger partial charge in [-0.25, -0.2) is 0 Å². The lowest BCUT2D eigenvalue weighted by Gasteiger charge is -2.40. The summed E-state index contributed by atoms with van der Waals surface area (Å²) < 4.78 is 5.72. The summed E-state index contributed by atoms with van der Waals surface area (Å²) in [6, 6.07) is 7.25. The third-order valence-electron chi connectivity index (χ3n) is 5.80. The van der Waals surface area contributed by atoms with Crippen molar-refractivity contribution >= 4 is 17.7 Å². The zero-order chi connectivity index (χ0) is 22.2. The van der Waals surface area contributed by atoms with Crippen molar-refractivity contribution in [2.24, 2.45) is 22.7 Å². The van der Waals surface area contributed by atoms with Gasteiger partial charge in [0.1, 0.15) is 11.2 Å². The standard InChI is InChI=1S/C25H42O3S/c1-9-10-20(24(3,4)5)15-21(25(6,7)8)16-23(28-18(2)26)29-17-19-11-13-22(27)14-12-19/h11-14,20-21,23,27H,9-10,15-17H2,1-8H3. The molecule has 0 aliphatic carbocycles. The Morgan fingerprint density at radius 3 is 2.00 bits per heavy atom. The second-order valence-electron chi connectivity index (χ2n) is 10.4. The Morgan fingerprint density at radius 1 is 1.00 bits per heavy atom. The Balaban J connectivity index is 2.93. The van der Waals surface area contributed by atoms with Gasteiger partial charge in [0.2, 0.25) is 0 Å². The van der Waals surface area contributed by atoms with Crippen LogP contribution in [0.15, 0.2) is 24.3 Å². The summed E-state index contributed by atoms with van der Waals surface area (Å²) in [6.07, 6.45) is 4.44. The van der Waals surface area contributed by atoms with Crippen molar-refractivity contribution in [1.82, 2.24) is 0 Å². The van der Waals surface area contributed by atoms with Crippen LogP contribution in [0.1, 0.15) is 86.6 Å². The normalized spacial score (nSPS) is 15.6. The number of aromatic hydroxyl groups is 1. The van der Waals surface area contributed by atoms with Gasteiger partial charge in [0.15, 0.2) is 0 Å². The molecule has 0 saturated carbocycles. The van der Waals surface area contributed by atoms with Gasteiger partial charge in [-0.05, 0) is 53.2 Å². The Labute approximate surface area is 183 Å². The highest BCUT2D eigenvalue weighted by Gasteiger charge is 2.34. The summed E-state index contributed by atoms with van der Waals surface area (Å²) in [5, 5.41) is 9.48. The van der Waals surface area contributed by atoms with Crippen molar-refractivity contribution in [3.8, 4) is 5.75 Å². The number of hydrogen-bond acceptors (Lipinski definition) is 4. The van der Waals surface area contributed by atoms with E-state index in [-0.39, 0.29) is 28.0 Å². The number of carbonyl (C=O) groups excluding carboxylic acids is 1. The lowest BCUT2D eigenvalue weighted by atomic mass is 9.67. The molecule has 0 aliphatic heterocycles. The largest absolute Gasteiger partial charge is 0.508 e. The van der Waals surface area contributed by atoms with Crippen LogP contribution in [0.2, 0.25) is 0 Å². The molecular formula is C25H42O3S. The maximum atomic E-state index is 11.8. The first kappa shape index (κ1) is 25.9. The van der Waals surface area contributed by atoms with Gasteiger partial charge in [0.25, 0.3) is 0 Å². The smallest absolute Gasteiger partial charge is 0.303 e.